The minimum atomic E-state index is -0.251. The minimum Gasteiger partial charge on any atom is -0.337 e. The molecule has 0 unspecified atom stereocenters. The molecule has 2 fully saturated rings. The van der Waals surface area contributed by atoms with Crippen LogP contribution in [0.2, 0.25) is 0 Å². The van der Waals surface area contributed by atoms with Crippen molar-refractivity contribution in [3.63, 3.8) is 0 Å². The van der Waals surface area contributed by atoms with Gasteiger partial charge in [-0.05, 0) is 61.6 Å². The van der Waals surface area contributed by atoms with Gasteiger partial charge in [0.05, 0.1) is 11.7 Å². The second-order valence-electron chi connectivity index (χ2n) is 7.49. The molecule has 4 nitrogen and oxygen atoms in total. The largest absolute Gasteiger partial charge is 0.337 e. The number of hydrogen-bond donors (Lipinski definition) is 0. The Bertz CT molecular complexity index is 809. The molecule has 5 heteroatoms. The highest BCUT2D eigenvalue weighted by Gasteiger charge is 2.41. The molecule has 0 radical (unpaired) electrons. The molecule has 0 aliphatic carbocycles. The number of piperidine rings is 2. The maximum absolute atomic E-state index is 13.5. The summed E-state index contributed by atoms with van der Waals surface area (Å²) in [7, 11) is 0. The van der Waals surface area contributed by atoms with E-state index in [4.69, 9.17) is 0 Å². The van der Waals surface area contributed by atoms with Gasteiger partial charge >= 0.3 is 0 Å². The van der Waals surface area contributed by atoms with Gasteiger partial charge in [-0.2, -0.15) is 0 Å². The number of benzene rings is 1. The number of likely N-dealkylation sites (tertiary alicyclic amines) is 2. The fraction of sp³-hybridized carbons (Fsp3) is 0.429. The van der Waals surface area contributed by atoms with Crippen molar-refractivity contribution < 1.29 is 9.18 Å². The lowest BCUT2D eigenvalue weighted by Gasteiger charge is -2.46. The number of amides is 1. The Morgan fingerprint density at radius 2 is 2.12 bits per heavy atom. The Hall–Kier alpha value is -2.27. The van der Waals surface area contributed by atoms with E-state index in [1.54, 1.807) is 6.07 Å². The summed E-state index contributed by atoms with van der Waals surface area (Å²) in [5.74, 6) is 0.450. The quantitative estimate of drug-likeness (QED) is 0.847. The van der Waals surface area contributed by atoms with Crippen molar-refractivity contribution in [2.75, 3.05) is 13.1 Å². The molecule has 136 valence electrons. The third-order valence-electron chi connectivity index (χ3n) is 5.63. The topological polar surface area (TPSA) is 36.4 Å². The molecule has 26 heavy (non-hydrogen) atoms. The van der Waals surface area contributed by atoms with E-state index in [1.807, 2.05) is 23.2 Å². The first kappa shape index (κ1) is 17.2. The second-order valence-corrected chi connectivity index (χ2v) is 7.49. The van der Waals surface area contributed by atoms with Crippen LogP contribution in [0.3, 0.4) is 0 Å². The smallest absolute Gasteiger partial charge is 0.240 e. The molecule has 2 atom stereocenters. The van der Waals surface area contributed by atoms with Crippen molar-refractivity contribution >= 4 is 5.91 Å². The monoisotopic (exact) mass is 353 g/mol. The number of aromatic nitrogens is 1. The summed E-state index contributed by atoms with van der Waals surface area (Å²) in [4.78, 5) is 21.7. The lowest BCUT2D eigenvalue weighted by Crippen LogP contribution is -2.58. The first-order valence-corrected chi connectivity index (χ1v) is 9.28. The molecule has 2 aromatic rings. The van der Waals surface area contributed by atoms with E-state index < -0.39 is 0 Å². The maximum atomic E-state index is 13.5. The van der Waals surface area contributed by atoms with Gasteiger partial charge in [0.25, 0.3) is 0 Å². The molecular weight excluding hydrogens is 329 g/mol. The molecule has 1 aromatic carbocycles. The number of aryl methyl sites for hydroxylation is 1. The van der Waals surface area contributed by atoms with E-state index in [9.17, 15) is 9.18 Å². The van der Waals surface area contributed by atoms with Crippen LogP contribution in [0.4, 0.5) is 4.39 Å². The highest BCUT2D eigenvalue weighted by atomic mass is 19.1. The number of fused-ring (bicyclic) bond motifs is 2. The molecule has 1 aromatic heterocycles. The maximum Gasteiger partial charge on any atom is 0.240 e. The van der Waals surface area contributed by atoms with Crippen molar-refractivity contribution in [2.24, 2.45) is 5.92 Å². The van der Waals surface area contributed by atoms with Crippen LogP contribution in [0.1, 0.15) is 29.7 Å². The molecule has 2 aliphatic rings. The van der Waals surface area contributed by atoms with Gasteiger partial charge in [0, 0.05) is 25.8 Å². The highest BCUT2D eigenvalue weighted by Crippen LogP contribution is 2.32. The zero-order valence-corrected chi connectivity index (χ0v) is 15.1. The summed E-state index contributed by atoms with van der Waals surface area (Å²) in [6.07, 6.45) is 3.83. The van der Waals surface area contributed by atoms with Crippen LogP contribution in [-0.4, -0.2) is 39.8 Å². The fourth-order valence-corrected chi connectivity index (χ4v) is 4.19. The van der Waals surface area contributed by atoms with Crippen LogP contribution in [-0.2, 0) is 17.9 Å². The molecule has 2 bridgehead atoms. The van der Waals surface area contributed by atoms with Gasteiger partial charge < -0.3 is 4.90 Å². The lowest BCUT2D eigenvalue weighted by molar-refractivity contribution is -0.146. The van der Waals surface area contributed by atoms with Crippen molar-refractivity contribution in [3.8, 4) is 0 Å². The summed E-state index contributed by atoms with van der Waals surface area (Å²) < 4.78 is 13.5. The minimum absolute atomic E-state index is 0.0857. The summed E-state index contributed by atoms with van der Waals surface area (Å²) in [6.45, 7) is 4.98. The third-order valence-corrected chi connectivity index (χ3v) is 5.63. The average molecular weight is 353 g/mol. The Balaban J connectivity index is 1.50. The predicted molar refractivity (Wildman–Crippen MR) is 97.7 cm³/mol. The zero-order chi connectivity index (χ0) is 18.1. The number of carbonyl (C=O) groups is 1. The average Bonchev–Trinajstić information content (AvgIpc) is 2.63. The first-order chi connectivity index (χ1) is 12.6. The van der Waals surface area contributed by atoms with Crippen LogP contribution in [0.15, 0.2) is 42.6 Å². The van der Waals surface area contributed by atoms with Crippen LogP contribution in [0, 0.1) is 18.7 Å². The molecule has 2 aliphatic heterocycles. The Kier molecular flexibility index (Phi) is 4.72. The number of pyridine rings is 1. The molecule has 4 rings (SSSR count). The fourth-order valence-electron chi connectivity index (χ4n) is 4.19. The molecule has 1 amide bonds. The van der Waals surface area contributed by atoms with E-state index in [1.165, 1.54) is 12.1 Å². The predicted octanol–water partition coefficient (Wildman–Crippen LogP) is 3.15. The highest BCUT2D eigenvalue weighted by molar-refractivity contribution is 5.83. The number of halogens is 1. The van der Waals surface area contributed by atoms with Gasteiger partial charge in [0.1, 0.15) is 5.82 Å². The molecule has 0 saturated carbocycles. The molecule has 3 heterocycles. The van der Waals surface area contributed by atoms with E-state index >= 15 is 0 Å². The van der Waals surface area contributed by atoms with Crippen molar-refractivity contribution in [2.45, 2.75) is 38.9 Å². The Morgan fingerprint density at radius 3 is 2.92 bits per heavy atom. The van der Waals surface area contributed by atoms with Gasteiger partial charge in [-0.3, -0.25) is 14.7 Å². The molecule has 0 spiro atoms. The lowest BCUT2D eigenvalue weighted by atomic mass is 9.85. The normalized spacial score (nSPS) is 23.3. The van der Waals surface area contributed by atoms with Gasteiger partial charge in [-0.25, -0.2) is 4.39 Å². The molecule has 2 saturated heterocycles. The van der Waals surface area contributed by atoms with Crippen molar-refractivity contribution in [1.29, 1.82) is 0 Å². The second kappa shape index (κ2) is 7.16. The van der Waals surface area contributed by atoms with Gasteiger partial charge in [0.2, 0.25) is 5.91 Å². The van der Waals surface area contributed by atoms with Crippen molar-refractivity contribution in [1.82, 2.24) is 14.8 Å². The number of carbonyl (C=O) groups excluding carboxylic acids is 1. The number of nitrogens with zero attached hydrogens (tertiary/aromatic N) is 3. The van der Waals surface area contributed by atoms with E-state index in [0.717, 1.165) is 42.8 Å². The van der Waals surface area contributed by atoms with E-state index in [0.29, 0.717) is 19.0 Å². The summed E-state index contributed by atoms with van der Waals surface area (Å²) >= 11 is 0. The molecule has 0 N–H and O–H groups in total. The van der Waals surface area contributed by atoms with Gasteiger partial charge in [-0.15, -0.1) is 0 Å². The van der Waals surface area contributed by atoms with E-state index in [2.05, 4.69) is 22.9 Å². The van der Waals surface area contributed by atoms with Crippen LogP contribution in [0.25, 0.3) is 0 Å². The Morgan fingerprint density at radius 1 is 1.23 bits per heavy atom. The first-order valence-electron chi connectivity index (χ1n) is 9.28. The van der Waals surface area contributed by atoms with Crippen LogP contribution >= 0.6 is 0 Å². The van der Waals surface area contributed by atoms with Crippen LogP contribution in [0.5, 0.6) is 0 Å². The SMILES string of the molecule is Cc1cccnc1CN1CC[C@H]2C[C@@H]1C(=O)N(Cc1cccc(F)c1)C2. The van der Waals surface area contributed by atoms with E-state index in [-0.39, 0.29) is 17.8 Å². The Labute approximate surface area is 153 Å². The van der Waals surface area contributed by atoms with Gasteiger partial charge in [-0.1, -0.05) is 18.2 Å². The summed E-state index contributed by atoms with van der Waals surface area (Å²) in [5, 5.41) is 0. The molecular formula is C21H24FN3O. The third kappa shape index (κ3) is 3.49. The summed E-state index contributed by atoms with van der Waals surface area (Å²) in [5.41, 5.74) is 3.06. The number of rotatable bonds is 4. The standard InChI is InChI=1S/C21H24FN3O/c1-15-4-3-8-23-19(15)14-24-9-7-17-11-20(24)21(26)25(13-17)12-16-5-2-6-18(22)10-16/h2-6,8,10,17,20H,7,9,11-14H2,1H3/t17-,20+/m0/s1. The van der Waals surface area contributed by atoms with Gasteiger partial charge in [0.15, 0.2) is 0 Å². The van der Waals surface area contributed by atoms with Crippen LogP contribution < -0.4 is 0 Å². The zero-order valence-electron chi connectivity index (χ0n) is 15.1. The summed E-state index contributed by atoms with van der Waals surface area (Å²) in [6, 6.07) is 10.5. The van der Waals surface area contributed by atoms with Crippen molar-refractivity contribution in [3.05, 3.63) is 65.2 Å². The number of hydrogen-bond acceptors (Lipinski definition) is 3.